The van der Waals surface area contributed by atoms with Crippen LogP contribution in [0.5, 0.6) is 0 Å². The van der Waals surface area contributed by atoms with Gasteiger partial charge in [-0.05, 0) is 17.7 Å². The molecule has 3 N–H and O–H groups in total. The van der Waals surface area contributed by atoms with Gasteiger partial charge in [-0.2, -0.15) is 13.2 Å². The molecule has 1 aromatic carbocycles. The first-order chi connectivity index (χ1) is 7.95. The van der Waals surface area contributed by atoms with E-state index in [1.807, 2.05) is 0 Å². The lowest BCUT2D eigenvalue weighted by molar-refractivity contribution is -0.144. The van der Waals surface area contributed by atoms with E-state index in [1.54, 1.807) is 24.3 Å². The van der Waals surface area contributed by atoms with Crippen LogP contribution in [-0.4, -0.2) is 15.2 Å². The highest BCUT2D eigenvalue weighted by atomic mass is 19.4. The van der Waals surface area contributed by atoms with Crippen molar-refractivity contribution >= 4 is 5.69 Å². The molecule has 0 spiro atoms. The van der Waals surface area contributed by atoms with E-state index in [1.165, 1.54) is 0 Å². The third-order valence-corrected chi connectivity index (χ3v) is 2.14. The molecule has 0 saturated carbocycles. The van der Waals surface area contributed by atoms with Crippen molar-refractivity contribution in [2.45, 2.75) is 12.6 Å². The Hall–Kier alpha value is -2.05. The normalized spacial score (nSPS) is 11.7. The van der Waals surface area contributed by atoms with Gasteiger partial charge in [0.25, 0.3) is 5.82 Å². The summed E-state index contributed by atoms with van der Waals surface area (Å²) in [7, 11) is 0. The Labute approximate surface area is 94.7 Å². The van der Waals surface area contributed by atoms with E-state index in [4.69, 9.17) is 5.73 Å². The maximum atomic E-state index is 12.2. The van der Waals surface area contributed by atoms with Crippen LogP contribution in [0.2, 0.25) is 0 Å². The lowest BCUT2D eigenvalue weighted by Gasteiger charge is -1.99. The maximum Gasteiger partial charge on any atom is 0.453 e. The summed E-state index contributed by atoms with van der Waals surface area (Å²) in [6, 6.07) is 6.81. The number of aromatic amines is 1. The molecule has 0 aliphatic carbocycles. The molecule has 7 heteroatoms. The van der Waals surface area contributed by atoms with E-state index in [2.05, 4.69) is 15.2 Å². The fraction of sp³-hybridized carbons (Fsp3) is 0.200. The molecule has 0 aliphatic rings. The number of halogens is 3. The van der Waals surface area contributed by atoms with Gasteiger partial charge >= 0.3 is 6.18 Å². The number of rotatable bonds is 2. The molecule has 0 unspecified atom stereocenters. The van der Waals surface area contributed by atoms with Crippen LogP contribution >= 0.6 is 0 Å². The smallest absolute Gasteiger partial charge is 0.399 e. The predicted molar refractivity (Wildman–Crippen MR) is 55.0 cm³/mol. The third-order valence-electron chi connectivity index (χ3n) is 2.14. The van der Waals surface area contributed by atoms with Gasteiger partial charge in [0.05, 0.1) is 0 Å². The Morgan fingerprint density at radius 1 is 1.18 bits per heavy atom. The molecular weight excluding hydrogens is 233 g/mol. The highest BCUT2D eigenvalue weighted by molar-refractivity contribution is 5.39. The van der Waals surface area contributed by atoms with Gasteiger partial charge in [0, 0.05) is 12.1 Å². The molecule has 2 aromatic rings. The van der Waals surface area contributed by atoms with Crippen molar-refractivity contribution in [2.24, 2.45) is 0 Å². The lowest BCUT2D eigenvalue weighted by atomic mass is 10.1. The molecule has 1 heterocycles. The quantitative estimate of drug-likeness (QED) is 0.791. The molecule has 0 aliphatic heterocycles. The average molecular weight is 242 g/mol. The second-order valence-electron chi connectivity index (χ2n) is 3.52. The highest BCUT2D eigenvalue weighted by Gasteiger charge is 2.35. The molecule has 0 fully saturated rings. The van der Waals surface area contributed by atoms with E-state index in [0.717, 1.165) is 5.56 Å². The molecule has 0 bridgehead atoms. The summed E-state index contributed by atoms with van der Waals surface area (Å²) >= 11 is 0. The SMILES string of the molecule is Nc1ccc(Cc2nc(C(F)(F)F)n[nH]2)cc1. The van der Waals surface area contributed by atoms with Gasteiger partial charge in [-0.25, -0.2) is 4.98 Å². The first-order valence-electron chi connectivity index (χ1n) is 4.78. The monoisotopic (exact) mass is 242 g/mol. The van der Waals surface area contributed by atoms with Crippen molar-refractivity contribution in [1.82, 2.24) is 15.2 Å². The summed E-state index contributed by atoms with van der Waals surface area (Å²) in [5.74, 6) is -0.981. The van der Waals surface area contributed by atoms with Gasteiger partial charge in [-0.15, -0.1) is 5.10 Å². The third kappa shape index (κ3) is 2.74. The van der Waals surface area contributed by atoms with Crippen molar-refractivity contribution in [3.8, 4) is 0 Å². The van der Waals surface area contributed by atoms with E-state index in [9.17, 15) is 13.2 Å². The zero-order chi connectivity index (χ0) is 12.5. The average Bonchev–Trinajstić information content (AvgIpc) is 2.69. The van der Waals surface area contributed by atoms with Crippen LogP contribution in [0.1, 0.15) is 17.2 Å². The number of hydrogen-bond donors (Lipinski definition) is 2. The molecule has 0 saturated heterocycles. The van der Waals surface area contributed by atoms with Gasteiger partial charge in [0.2, 0.25) is 0 Å². The number of nitrogen functional groups attached to an aromatic ring is 1. The van der Waals surface area contributed by atoms with E-state index in [0.29, 0.717) is 5.69 Å². The first kappa shape index (κ1) is 11.4. The molecular formula is C10H9F3N4. The standard InChI is InChI=1S/C10H9F3N4/c11-10(12,13)9-15-8(16-17-9)5-6-1-3-7(14)4-2-6/h1-4H,5,14H2,(H,15,16,17). The van der Waals surface area contributed by atoms with Gasteiger partial charge < -0.3 is 5.73 Å². The number of benzene rings is 1. The zero-order valence-electron chi connectivity index (χ0n) is 8.62. The van der Waals surface area contributed by atoms with Crippen LogP contribution in [0.15, 0.2) is 24.3 Å². The molecule has 0 amide bonds. The van der Waals surface area contributed by atoms with Gasteiger partial charge in [0.15, 0.2) is 0 Å². The Bertz CT molecular complexity index is 501. The Morgan fingerprint density at radius 3 is 2.35 bits per heavy atom. The second-order valence-corrected chi connectivity index (χ2v) is 3.52. The molecule has 17 heavy (non-hydrogen) atoms. The van der Waals surface area contributed by atoms with Crippen LogP contribution in [0.4, 0.5) is 18.9 Å². The molecule has 4 nitrogen and oxygen atoms in total. The topological polar surface area (TPSA) is 67.6 Å². The van der Waals surface area contributed by atoms with Crippen LogP contribution in [-0.2, 0) is 12.6 Å². The van der Waals surface area contributed by atoms with Gasteiger partial charge in [-0.3, -0.25) is 5.10 Å². The number of H-pyrrole nitrogens is 1. The number of aromatic nitrogens is 3. The Balaban J connectivity index is 2.14. The van der Waals surface area contributed by atoms with Crippen molar-refractivity contribution in [1.29, 1.82) is 0 Å². The van der Waals surface area contributed by atoms with Gasteiger partial charge in [-0.1, -0.05) is 12.1 Å². The minimum absolute atomic E-state index is 0.169. The highest BCUT2D eigenvalue weighted by Crippen LogP contribution is 2.25. The molecule has 2 rings (SSSR count). The number of hydrogen-bond acceptors (Lipinski definition) is 3. The van der Waals surface area contributed by atoms with Crippen LogP contribution in [0, 0.1) is 0 Å². The lowest BCUT2D eigenvalue weighted by Crippen LogP contribution is -2.07. The number of nitrogens with zero attached hydrogens (tertiary/aromatic N) is 2. The Morgan fingerprint density at radius 2 is 1.82 bits per heavy atom. The largest absolute Gasteiger partial charge is 0.453 e. The number of alkyl halides is 3. The maximum absolute atomic E-state index is 12.2. The van der Waals surface area contributed by atoms with Crippen LogP contribution < -0.4 is 5.73 Å². The van der Waals surface area contributed by atoms with E-state index < -0.39 is 12.0 Å². The summed E-state index contributed by atoms with van der Waals surface area (Å²) in [4.78, 5) is 3.38. The number of nitrogens with two attached hydrogens (primary N) is 1. The summed E-state index contributed by atoms with van der Waals surface area (Å²) in [6.45, 7) is 0. The van der Waals surface area contributed by atoms with Crippen molar-refractivity contribution in [2.75, 3.05) is 5.73 Å². The van der Waals surface area contributed by atoms with E-state index in [-0.39, 0.29) is 12.2 Å². The van der Waals surface area contributed by atoms with Crippen molar-refractivity contribution < 1.29 is 13.2 Å². The molecule has 0 atom stereocenters. The summed E-state index contributed by atoms with van der Waals surface area (Å²) in [6.07, 6.45) is -4.26. The second kappa shape index (κ2) is 4.08. The minimum Gasteiger partial charge on any atom is -0.399 e. The fourth-order valence-electron chi connectivity index (χ4n) is 1.33. The van der Waals surface area contributed by atoms with Crippen LogP contribution in [0.3, 0.4) is 0 Å². The fourth-order valence-corrected chi connectivity index (χ4v) is 1.33. The zero-order valence-corrected chi connectivity index (χ0v) is 8.62. The van der Waals surface area contributed by atoms with Gasteiger partial charge in [0.1, 0.15) is 5.82 Å². The summed E-state index contributed by atoms with van der Waals surface area (Å²) in [5, 5.41) is 5.38. The van der Waals surface area contributed by atoms with Crippen molar-refractivity contribution in [3.05, 3.63) is 41.5 Å². The van der Waals surface area contributed by atoms with Crippen LogP contribution in [0.25, 0.3) is 0 Å². The molecule has 90 valence electrons. The van der Waals surface area contributed by atoms with Crippen molar-refractivity contribution in [3.63, 3.8) is 0 Å². The minimum atomic E-state index is -4.52. The van der Waals surface area contributed by atoms with E-state index >= 15 is 0 Å². The Kier molecular flexibility index (Phi) is 2.74. The predicted octanol–water partition coefficient (Wildman–Crippen LogP) is 2.00. The summed E-state index contributed by atoms with van der Waals surface area (Å²) in [5.41, 5.74) is 6.91. The number of nitrogens with one attached hydrogen (secondary N) is 1. The summed E-state index contributed by atoms with van der Waals surface area (Å²) < 4.78 is 36.7. The number of anilines is 1. The first-order valence-corrected chi connectivity index (χ1v) is 4.78. The molecule has 1 aromatic heterocycles. The molecule has 0 radical (unpaired) electrons.